The van der Waals surface area contributed by atoms with Crippen LogP contribution in [0.3, 0.4) is 0 Å². The van der Waals surface area contributed by atoms with E-state index in [1.807, 2.05) is 37.3 Å². The summed E-state index contributed by atoms with van der Waals surface area (Å²) < 4.78 is 3.98. The first-order valence-electron chi connectivity index (χ1n) is 9.49. The highest BCUT2D eigenvalue weighted by atomic mass is 79.9. The molecule has 2 aromatic carbocycles. The molecule has 8 nitrogen and oxygen atoms in total. The van der Waals surface area contributed by atoms with Gasteiger partial charge in [0.1, 0.15) is 0 Å². The molecule has 0 saturated heterocycles. The number of rotatable bonds is 7. The van der Waals surface area contributed by atoms with Gasteiger partial charge in [-0.3, -0.25) is 9.36 Å². The molecule has 0 fully saturated rings. The van der Waals surface area contributed by atoms with Gasteiger partial charge in [-0.25, -0.2) is 4.98 Å². The first kappa shape index (κ1) is 21.4. The van der Waals surface area contributed by atoms with Crippen LogP contribution in [0.15, 0.2) is 74.4 Å². The van der Waals surface area contributed by atoms with Crippen molar-refractivity contribution in [1.29, 1.82) is 0 Å². The van der Waals surface area contributed by atoms with Gasteiger partial charge in [0.2, 0.25) is 5.16 Å². The molecule has 0 bridgehead atoms. The van der Waals surface area contributed by atoms with E-state index in [-0.39, 0.29) is 12.1 Å². The molecule has 31 heavy (non-hydrogen) atoms. The van der Waals surface area contributed by atoms with Gasteiger partial charge in [-0.1, -0.05) is 58.0 Å². The molecule has 0 saturated carbocycles. The third kappa shape index (κ3) is 4.92. The third-order valence-corrected chi connectivity index (χ3v) is 6.32. The second-order valence-electron chi connectivity index (χ2n) is 6.79. The average molecular weight is 499 g/mol. The van der Waals surface area contributed by atoms with Crippen LogP contribution < -0.4 is 5.56 Å². The number of benzene rings is 2. The Labute approximate surface area is 190 Å². The normalized spacial score (nSPS) is 12.6. The molecule has 0 amide bonds. The minimum absolute atomic E-state index is 0.136. The van der Waals surface area contributed by atoms with Gasteiger partial charge in [0.25, 0.3) is 5.56 Å². The summed E-state index contributed by atoms with van der Waals surface area (Å²) in [6, 6.07) is 14.9. The van der Waals surface area contributed by atoms with Crippen molar-refractivity contribution >= 4 is 44.8 Å². The molecular formula is C21H19BrN6O2S. The molecule has 0 aliphatic carbocycles. The Hall–Kier alpha value is -2.82. The molecule has 0 spiro atoms. The van der Waals surface area contributed by atoms with Crippen LogP contribution in [0, 0.1) is 6.92 Å². The molecule has 1 atom stereocenters. The lowest BCUT2D eigenvalue weighted by Gasteiger charge is -2.12. The van der Waals surface area contributed by atoms with E-state index in [0.717, 1.165) is 10.0 Å². The average Bonchev–Trinajstić information content (AvgIpc) is 3.13. The number of hydrogen-bond acceptors (Lipinski definition) is 7. The summed E-state index contributed by atoms with van der Waals surface area (Å²) in [7, 11) is 0. The van der Waals surface area contributed by atoms with E-state index in [4.69, 9.17) is 0 Å². The minimum atomic E-state index is -0.775. The van der Waals surface area contributed by atoms with Crippen molar-refractivity contribution in [2.75, 3.05) is 5.75 Å². The lowest BCUT2D eigenvalue weighted by molar-refractivity contribution is 0.176. The van der Waals surface area contributed by atoms with E-state index < -0.39 is 6.10 Å². The third-order valence-electron chi connectivity index (χ3n) is 4.53. The Morgan fingerprint density at radius 3 is 2.81 bits per heavy atom. The molecule has 0 radical (unpaired) electrons. The quantitative estimate of drug-likeness (QED) is 0.310. The highest BCUT2D eigenvalue weighted by Gasteiger charge is 2.14. The van der Waals surface area contributed by atoms with E-state index in [1.54, 1.807) is 29.1 Å². The topological polar surface area (TPSA) is 98.2 Å². The number of aliphatic hydroxyl groups excluding tert-OH is 1. The fraction of sp³-hybridized carbons (Fsp3) is 0.190. The van der Waals surface area contributed by atoms with E-state index in [0.29, 0.717) is 27.6 Å². The SMILES string of the molecule is Cc1nnc(SCC(O)Cn2cnc3ccccc3c2=O)n1N=Cc1ccccc1Br. The van der Waals surface area contributed by atoms with E-state index in [1.165, 1.54) is 22.7 Å². The zero-order valence-electron chi connectivity index (χ0n) is 16.6. The Morgan fingerprint density at radius 2 is 1.97 bits per heavy atom. The van der Waals surface area contributed by atoms with Gasteiger partial charge in [-0.05, 0) is 25.1 Å². The highest BCUT2D eigenvalue weighted by molar-refractivity contribution is 9.10. The van der Waals surface area contributed by atoms with Crippen LogP contribution in [0.5, 0.6) is 0 Å². The predicted octanol–water partition coefficient (Wildman–Crippen LogP) is 3.09. The van der Waals surface area contributed by atoms with Crippen LogP contribution in [-0.2, 0) is 6.54 Å². The van der Waals surface area contributed by atoms with Crippen molar-refractivity contribution in [3.63, 3.8) is 0 Å². The molecule has 10 heteroatoms. The van der Waals surface area contributed by atoms with Crippen LogP contribution in [0.4, 0.5) is 0 Å². The number of halogens is 1. The van der Waals surface area contributed by atoms with E-state index in [9.17, 15) is 9.90 Å². The Balaban J connectivity index is 1.45. The summed E-state index contributed by atoms with van der Waals surface area (Å²) in [5.74, 6) is 0.956. The van der Waals surface area contributed by atoms with Gasteiger partial charge in [0, 0.05) is 15.8 Å². The maximum atomic E-state index is 12.6. The van der Waals surface area contributed by atoms with Gasteiger partial charge in [0.05, 0.1) is 36.1 Å². The van der Waals surface area contributed by atoms with Crippen molar-refractivity contribution in [2.45, 2.75) is 24.7 Å². The van der Waals surface area contributed by atoms with Crippen LogP contribution >= 0.6 is 27.7 Å². The Bertz CT molecular complexity index is 1300. The van der Waals surface area contributed by atoms with Crippen molar-refractivity contribution in [1.82, 2.24) is 24.4 Å². The maximum Gasteiger partial charge on any atom is 0.261 e. The Morgan fingerprint density at radius 1 is 1.19 bits per heavy atom. The molecule has 0 aliphatic rings. The number of aryl methyl sites for hydroxylation is 1. The number of aromatic nitrogens is 5. The Kier molecular flexibility index (Phi) is 6.59. The summed E-state index contributed by atoms with van der Waals surface area (Å²) in [5, 5.41) is 24.3. The van der Waals surface area contributed by atoms with Crippen LogP contribution in [-0.4, -0.2) is 47.6 Å². The van der Waals surface area contributed by atoms with Gasteiger partial charge in [0.15, 0.2) is 5.82 Å². The van der Waals surface area contributed by atoms with Crippen molar-refractivity contribution in [3.8, 4) is 0 Å². The highest BCUT2D eigenvalue weighted by Crippen LogP contribution is 2.19. The monoisotopic (exact) mass is 498 g/mol. The smallest absolute Gasteiger partial charge is 0.261 e. The summed E-state index contributed by atoms with van der Waals surface area (Å²) in [5.41, 5.74) is 1.39. The van der Waals surface area contributed by atoms with Crippen molar-refractivity contribution in [3.05, 3.63) is 81.1 Å². The summed E-state index contributed by atoms with van der Waals surface area (Å²) >= 11 is 4.82. The van der Waals surface area contributed by atoms with Gasteiger partial charge < -0.3 is 5.11 Å². The fourth-order valence-corrected chi connectivity index (χ4v) is 4.18. The molecule has 0 aliphatic heterocycles. The number of fused-ring (bicyclic) bond motifs is 1. The van der Waals surface area contributed by atoms with Gasteiger partial charge in [-0.2, -0.15) is 9.78 Å². The predicted molar refractivity (Wildman–Crippen MR) is 125 cm³/mol. The van der Waals surface area contributed by atoms with Crippen molar-refractivity contribution in [2.24, 2.45) is 5.10 Å². The summed E-state index contributed by atoms with van der Waals surface area (Å²) in [6.07, 6.45) is 2.41. The van der Waals surface area contributed by atoms with Gasteiger partial charge in [-0.15, -0.1) is 10.2 Å². The number of thioether (sulfide) groups is 1. The van der Waals surface area contributed by atoms with Crippen molar-refractivity contribution < 1.29 is 5.11 Å². The lowest BCUT2D eigenvalue weighted by Crippen LogP contribution is -2.28. The number of para-hydroxylation sites is 1. The number of aliphatic hydroxyl groups is 1. The van der Waals surface area contributed by atoms with E-state index >= 15 is 0 Å². The standard InChI is InChI=1S/C21H19BrN6O2S/c1-14-25-26-21(28(14)24-10-15-6-2-4-8-18(15)22)31-12-16(29)11-27-13-23-19-9-5-3-7-17(19)20(27)30/h2-10,13,16,29H,11-12H2,1H3. The maximum absolute atomic E-state index is 12.6. The second-order valence-corrected chi connectivity index (χ2v) is 8.63. The molecule has 2 aromatic heterocycles. The van der Waals surface area contributed by atoms with Crippen LogP contribution in [0.2, 0.25) is 0 Å². The van der Waals surface area contributed by atoms with E-state index in [2.05, 4.69) is 36.2 Å². The fourth-order valence-electron chi connectivity index (χ4n) is 2.95. The molecule has 4 rings (SSSR count). The minimum Gasteiger partial charge on any atom is -0.390 e. The zero-order chi connectivity index (χ0) is 21.8. The number of hydrogen-bond donors (Lipinski definition) is 1. The molecule has 1 N–H and O–H groups in total. The molecule has 4 aromatic rings. The summed E-state index contributed by atoms with van der Waals surface area (Å²) in [6.45, 7) is 1.95. The van der Waals surface area contributed by atoms with Crippen LogP contribution in [0.25, 0.3) is 10.9 Å². The second kappa shape index (κ2) is 9.54. The number of nitrogens with zero attached hydrogens (tertiary/aromatic N) is 6. The largest absolute Gasteiger partial charge is 0.390 e. The molecular weight excluding hydrogens is 480 g/mol. The van der Waals surface area contributed by atoms with Gasteiger partial charge >= 0.3 is 0 Å². The first-order valence-corrected chi connectivity index (χ1v) is 11.3. The molecule has 1 unspecified atom stereocenters. The lowest BCUT2D eigenvalue weighted by atomic mass is 10.2. The zero-order valence-corrected chi connectivity index (χ0v) is 19.0. The summed E-state index contributed by atoms with van der Waals surface area (Å²) in [4.78, 5) is 16.9. The first-order chi connectivity index (χ1) is 15.0. The molecule has 2 heterocycles. The van der Waals surface area contributed by atoms with Crippen LogP contribution in [0.1, 0.15) is 11.4 Å². The molecule has 158 valence electrons.